The predicted molar refractivity (Wildman–Crippen MR) is 93.7 cm³/mol. The van der Waals surface area contributed by atoms with Crippen LogP contribution in [0.2, 0.25) is 0 Å². The maximum atomic E-state index is 12.4. The van der Waals surface area contributed by atoms with Gasteiger partial charge in [0.1, 0.15) is 5.52 Å². The second-order valence-electron chi connectivity index (χ2n) is 5.53. The van der Waals surface area contributed by atoms with E-state index in [0.717, 1.165) is 5.56 Å². The number of nitrogen functional groups attached to an aromatic ring is 1. The summed E-state index contributed by atoms with van der Waals surface area (Å²) in [7, 11) is -3.70. The third kappa shape index (κ3) is 2.95. The van der Waals surface area contributed by atoms with Gasteiger partial charge in [0.2, 0.25) is 5.16 Å². The molecule has 0 saturated carbocycles. The zero-order valence-corrected chi connectivity index (χ0v) is 14.0. The SMILES string of the molecule is CCC[SH](=O)(O)c1nc(N)c2[nH]c(=O)n(Cc3ccccc3)c2n1. The van der Waals surface area contributed by atoms with Gasteiger partial charge in [0.05, 0.1) is 6.54 Å². The summed E-state index contributed by atoms with van der Waals surface area (Å²) in [6, 6.07) is 9.38. The topological polar surface area (TPSA) is 127 Å². The number of imidazole rings is 1. The highest BCUT2D eigenvalue weighted by atomic mass is 32.3. The Balaban J connectivity index is 2.16. The Morgan fingerprint density at radius 3 is 2.67 bits per heavy atom. The van der Waals surface area contributed by atoms with Gasteiger partial charge in [-0.2, -0.15) is 9.97 Å². The largest absolute Gasteiger partial charge is 0.382 e. The lowest BCUT2D eigenvalue weighted by Crippen LogP contribution is -2.21. The van der Waals surface area contributed by atoms with E-state index in [1.54, 1.807) is 6.92 Å². The molecule has 0 radical (unpaired) electrons. The molecular formula is C15H19N5O3S. The van der Waals surface area contributed by atoms with Crippen molar-refractivity contribution in [3.05, 3.63) is 46.4 Å². The number of aromatic amines is 1. The van der Waals surface area contributed by atoms with Crippen LogP contribution in [-0.2, 0) is 16.8 Å². The molecule has 0 fully saturated rings. The maximum Gasteiger partial charge on any atom is 0.328 e. The van der Waals surface area contributed by atoms with E-state index < -0.39 is 15.9 Å². The average molecular weight is 349 g/mol. The molecule has 9 heteroatoms. The lowest BCUT2D eigenvalue weighted by Gasteiger charge is -2.20. The first-order valence-electron chi connectivity index (χ1n) is 7.54. The van der Waals surface area contributed by atoms with Crippen molar-refractivity contribution in [1.82, 2.24) is 19.5 Å². The molecule has 1 aromatic carbocycles. The molecule has 0 unspecified atom stereocenters. The lowest BCUT2D eigenvalue weighted by atomic mass is 10.2. The highest BCUT2D eigenvalue weighted by Crippen LogP contribution is 2.20. The van der Waals surface area contributed by atoms with Crippen molar-refractivity contribution in [3.63, 3.8) is 0 Å². The number of fused-ring (bicyclic) bond motifs is 1. The minimum Gasteiger partial charge on any atom is -0.382 e. The second-order valence-corrected chi connectivity index (χ2v) is 7.78. The number of aromatic nitrogens is 4. The van der Waals surface area contributed by atoms with Crippen molar-refractivity contribution in [2.24, 2.45) is 0 Å². The molecular weight excluding hydrogens is 330 g/mol. The Labute approximate surface area is 139 Å². The third-order valence-electron chi connectivity index (χ3n) is 3.66. The fourth-order valence-corrected chi connectivity index (χ4v) is 3.83. The molecule has 0 bridgehead atoms. The number of nitrogens with one attached hydrogen (secondary N) is 1. The van der Waals surface area contributed by atoms with Crippen LogP contribution in [0.15, 0.2) is 40.3 Å². The number of nitrogens with zero attached hydrogens (tertiary/aromatic N) is 3. The Hall–Kier alpha value is -2.52. The first-order chi connectivity index (χ1) is 11.4. The highest BCUT2D eigenvalue weighted by molar-refractivity contribution is 7.97. The standard InChI is InChI=1S/C15H19N5O3S/c1-2-8-24(22,23)14-18-12(16)11-13(19-14)20(15(21)17-11)9-10-6-4-3-5-7-10/h3-7,24H,2,8-9H2,1H3,(H,17,21)(H,22,23)(H2,16,18,19). The Bertz CT molecular complexity index is 980. The lowest BCUT2D eigenvalue weighted by molar-refractivity contribution is 0.528. The number of nitrogens with two attached hydrogens (primary N) is 1. The monoisotopic (exact) mass is 349 g/mol. The summed E-state index contributed by atoms with van der Waals surface area (Å²) in [6.07, 6.45) is 0.513. The van der Waals surface area contributed by atoms with Crippen molar-refractivity contribution in [1.29, 1.82) is 0 Å². The van der Waals surface area contributed by atoms with Gasteiger partial charge in [-0.05, 0) is 12.0 Å². The number of hydrogen-bond acceptors (Lipinski definition) is 5. The van der Waals surface area contributed by atoms with Crippen LogP contribution in [0.25, 0.3) is 11.2 Å². The molecule has 4 N–H and O–H groups in total. The predicted octanol–water partition coefficient (Wildman–Crippen LogP) is 1.01. The minimum absolute atomic E-state index is 0.00992. The van der Waals surface area contributed by atoms with Gasteiger partial charge in [0, 0.05) is 5.75 Å². The van der Waals surface area contributed by atoms with Crippen molar-refractivity contribution in [2.75, 3.05) is 11.5 Å². The van der Waals surface area contributed by atoms with Crippen LogP contribution in [0.1, 0.15) is 18.9 Å². The molecule has 128 valence electrons. The van der Waals surface area contributed by atoms with E-state index in [1.165, 1.54) is 4.57 Å². The molecule has 0 atom stereocenters. The molecule has 8 nitrogen and oxygen atoms in total. The van der Waals surface area contributed by atoms with Crippen molar-refractivity contribution >= 4 is 27.2 Å². The molecule has 2 aromatic heterocycles. The molecule has 0 amide bonds. The summed E-state index contributed by atoms with van der Waals surface area (Å²) >= 11 is 0. The summed E-state index contributed by atoms with van der Waals surface area (Å²) < 4.78 is 23.9. The number of anilines is 1. The Morgan fingerprint density at radius 2 is 2.00 bits per heavy atom. The van der Waals surface area contributed by atoms with Gasteiger partial charge in [-0.25, -0.2) is 9.00 Å². The minimum atomic E-state index is -3.70. The average Bonchev–Trinajstić information content (AvgIpc) is 2.85. The molecule has 2 heterocycles. The summed E-state index contributed by atoms with van der Waals surface area (Å²) in [4.78, 5) is 22.9. The quantitative estimate of drug-likeness (QED) is 0.402. The fraction of sp³-hybridized carbons (Fsp3) is 0.267. The summed E-state index contributed by atoms with van der Waals surface area (Å²) in [6.45, 7) is 2.07. The van der Waals surface area contributed by atoms with Crippen LogP contribution in [0.5, 0.6) is 0 Å². The number of benzene rings is 1. The zero-order chi connectivity index (χ0) is 17.3. The van der Waals surface area contributed by atoms with Crippen LogP contribution in [0.3, 0.4) is 0 Å². The molecule has 3 rings (SSSR count). The van der Waals surface area contributed by atoms with Crippen molar-refractivity contribution in [2.45, 2.75) is 25.0 Å². The van der Waals surface area contributed by atoms with E-state index in [2.05, 4.69) is 15.0 Å². The number of H-pyrrole nitrogens is 1. The van der Waals surface area contributed by atoms with E-state index in [9.17, 15) is 13.6 Å². The fourth-order valence-electron chi connectivity index (χ4n) is 2.51. The molecule has 0 saturated heterocycles. The number of thiol groups is 1. The van der Waals surface area contributed by atoms with Crippen LogP contribution < -0.4 is 11.4 Å². The van der Waals surface area contributed by atoms with E-state index in [-0.39, 0.29) is 34.4 Å². The molecule has 0 aliphatic rings. The van der Waals surface area contributed by atoms with Crippen molar-refractivity contribution < 1.29 is 8.76 Å². The van der Waals surface area contributed by atoms with Gasteiger partial charge >= 0.3 is 5.69 Å². The molecule has 3 aromatic rings. The first-order valence-corrected chi connectivity index (χ1v) is 9.39. The van der Waals surface area contributed by atoms with Gasteiger partial charge in [0.15, 0.2) is 11.5 Å². The Morgan fingerprint density at radius 1 is 1.29 bits per heavy atom. The van der Waals surface area contributed by atoms with Gasteiger partial charge in [0.25, 0.3) is 0 Å². The molecule has 24 heavy (non-hydrogen) atoms. The van der Waals surface area contributed by atoms with Gasteiger partial charge < -0.3 is 10.7 Å². The van der Waals surface area contributed by atoms with Crippen LogP contribution in [0.4, 0.5) is 5.82 Å². The Kier molecular flexibility index (Phi) is 4.20. The third-order valence-corrected chi connectivity index (χ3v) is 5.54. The van der Waals surface area contributed by atoms with Gasteiger partial charge in [-0.15, -0.1) is 10.2 Å². The van der Waals surface area contributed by atoms with E-state index >= 15 is 0 Å². The summed E-state index contributed by atoms with van der Waals surface area (Å²) in [5.74, 6) is 0.0509. The van der Waals surface area contributed by atoms with Crippen LogP contribution >= 0.6 is 0 Å². The summed E-state index contributed by atoms with van der Waals surface area (Å²) in [5.41, 5.74) is 6.88. The van der Waals surface area contributed by atoms with E-state index in [1.807, 2.05) is 30.3 Å². The van der Waals surface area contributed by atoms with Gasteiger partial charge in [-0.3, -0.25) is 9.12 Å². The summed E-state index contributed by atoms with van der Waals surface area (Å²) in [5, 5.41) is -0.213. The second kappa shape index (κ2) is 6.17. The smallest absolute Gasteiger partial charge is 0.328 e. The first kappa shape index (κ1) is 16.3. The van der Waals surface area contributed by atoms with E-state index in [0.29, 0.717) is 6.42 Å². The van der Waals surface area contributed by atoms with Crippen LogP contribution in [-0.4, -0.2) is 34.0 Å². The van der Waals surface area contributed by atoms with Crippen molar-refractivity contribution in [3.8, 4) is 0 Å². The highest BCUT2D eigenvalue weighted by Gasteiger charge is 2.19. The normalized spacial score (nSPS) is 12.6. The van der Waals surface area contributed by atoms with E-state index in [4.69, 9.17) is 5.73 Å². The van der Waals surface area contributed by atoms with Crippen LogP contribution in [0, 0.1) is 0 Å². The molecule has 0 aliphatic heterocycles. The number of hydrogen-bond donors (Lipinski definition) is 4. The maximum absolute atomic E-state index is 12.4. The zero-order valence-electron chi connectivity index (χ0n) is 13.1. The number of rotatable bonds is 5. The van der Waals surface area contributed by atoms with Gasteiger partial charge in [-0.1, -0.05) is 37.3 Å². The molecule has 0 aliphatic carbocycles. The molecule has 0 spiro atoms.